The Bertz CT molecular complexity index is 768. The summed E-state index contributed by atoms with van der Waals surface area (Å²) in [5.41, 5.74) is 0.652. The molecular weight excluding hydrogens is 409 g/mol. The van der Waals surface area contributed by atoms with E-state index in [1.807, 2.05) is 4.90 Å². The lowest BCUT2D eigenvalue weighted by Crippen LogP contribution is -2.38. The summed E-state index contributed by atoms with van der Waals surface area (Å²) >= 11 is 5.77. The zero-order valence-corrected chi connectivity index (χ0v) is 17.9. The third-order valence-corrected chi connectivity index (χ3v) is 5.81. The lowest BCUT2D eigenvalue weighted by molar-refractivity contribution is -0.130. The Balaban J connectivity index is 1.43. The second-order valence-corrected chi connectivity index (χ2v) is 8.06. The summed E-state index contributed by atoms with van der Waals surface area (Å²) in [5.74, 6) is -0.564. The number of nitrogens with zero attached hydrogens (tertiary/aromatic N) is 2. The van der Waals surface area contributed by atoms with Crippen LogP contribution in [0.4, 0.5) is 4.39 Å². The van der Waals surface area contributed by atoms with Gasteiger partial charge in [-0.25, -0.2) is 4.39 Å². The molecule has 2 aliphatic heterocycles. The number of nitrogens with one attached hydrogen (secondary N) is 1. The molecule has 2 aliphatic rings. The molecule has 164 valence electrons. The highest BCUT2D eigenvalue weighted by atomic mass is 35.5. The van der Waals surface area contributed by atoms with Gasteiger partial charge in [0.25, 0.3) is 0 Å². The average molecular weight is 438 g/mol. The normalized spacial score (nSPS) is 18.8. The first-order chi connectivity index (χ1) is 14.5. The number of ether oxygens (including phenoxy) is 1. The van der Waals surface area contributed by atoms with Crippen LogP contribution in [0.15, 0.2) is 24.3 Å². The first kappa shape index (κ1) is 22.7. The van der Waals surface area contributed by atoms with Crippen LogP contribution in [0.3, 0.4) is 0 Å². The van der Waals surface area contributed by atoms with Crippen molar-refractivity contribution in [1.29, 1.82) is 0 Å². The number of rotatable bonds is 7. The van der Waals surface area contributed by atoms with Crippen LogP contribution in [0.1, 0.15) is 31.2 Å². The molecule has 30 heavy (non-hydrogen) atoms. The zero-order chi connectivity index (χ0) is 21.3. The summed E-state index contributed by atoms with van der Waals surface area (Å²) in [4.78, 5) is 28.4. The van der Waals surface area contributed by atoms with Gasteiger partial charge in [-0.2, -0.15) is 0 Å². The van der Waals surface area contributed by atoms with Gasteiger partial charge in [0, 0.05) is 57.9 Å². The minimum Gasteiger partial charge on any atom is -0.381 e. The highest BCUT2D eigenvalue weighted by Gasteiger charge is 2.22. The van der Waals surface area contributed by atoms with Crippen LogP contribution in [0, 0.1) is 5.82 Å². The lowest BCUT2D eigenvalue weighted by Gasteiger charge is -2.25. The van der Waals surface area contributed by atoms with E-state index in [-0.39, 0.29) is 16.8 Å². The number of halogens is 2. The molecular formula is C22H29ClFN3O3. The van der Waals surface area contributed by atoms with Crippen LogP contribution >= 0.6 is 11.6 Å². The van der Waals surface area contributed by atoms with E-state index in [0.29, 0.717) is 44.2 Å². The van der Waals surface area contributed by atoms with E-state index < -0.39 is 5.82 Å². The molecule has 1 aromatic carbocycles. The molecule has 0 spiro atoms. The Hall–Kier alpha value is -1.96. The van der Waals surface area contributed by atoms with Crippen molar-refractivity contribution in [1.82, 2.24) is 15.1 Å². The maximum Gasteiger partial charge on any atom is 0.246 e. The van der Waals surface area contributed by atoms with Crippen molar-refractivity contribution in [2.24, 2.45) is 0 Å². The van der Waals surface area contributed by atoms with Crippen molar-refractivity contribution in [2.75, 3.05) is 45.9 Å². The van der Waals surface area contributed by atoms with E-state index >= 15 is 0 Å². The minimum absolute atomic E-state index is 0.0203. The number of benzene rings is 1. The van der Waals surface area contributed by atoms with Gasteiger partial charge in [-0.05, 0) is 49.6 Å². The zero-order valence-electron chi connectivity index (χ0n) is 17.1. The van der Waals surface area contributed by atoms with E-state index in [2.05, 4.69) is 5.32 Å². The average Bonchev–Trinajstić information content (AvgIpc) is 2.94. The Kier molecular flexibility index (Phi) is 8.66. The summed E-state index contributed by atoms with van der Waals surface area (Å²) in [6, 6.07) is 4.82. The van der Waals surface area contributed by atoms with E-state index in [1.54, 1.807) is 17.0 Å². The summed E-state index contributed by atoms with van der Waals surface area (Å²) in [6.45, 7) is 4.65. The second-order valence-electron chi connectivity index (χ2n) is 7.66. The van der Waals surface area contributed by atoms with Gasteiger partial charge in [-0.3, -0.25) is 9.59 Å². The van der Waals surface area contributed by atoms with Gasteiger partial charge in [-0.15, -0.1) is 0 Å². The van der Waals surface area contributed by atoms with Crippen molar-refractivity contribution >= 4 is 29.5 Å². The highest BCUT2D eigenvalue weighted by molar-refractivity contribution is 6.30. The van der Waals surface area contributed by atoms with E-state index in [0.717, 1.165) is 39.0 Å². The molecule has 0 atom stereocenters. The maximum absolute atomic E-state index is 13.2. The molecule has 0 aromatic heterocycles. The molecule has 0 bridgehead atoms. The molecule has 2 heterocycles. The molecule has 0 saturated carbocycles. The van der Waals surface area contributed by atoms with Gasteiger partial charge in [-0.1, -0.05) is 17.7 Å². The Morgan fingerprint density at radius 2 is 2.07 bits per heavy atom. The molecule has 0 unspecified atom stereocenters. The second kappa shape index (κ2) is 11.4. The fraction of sp³-hybridized carbons (Fsp3) is 0.545. The monoisotopic (exact) mass is 437 g/mol. The molecule has 3 rings (SSSR count). The van der Waals surface area contributed by atoms with E-state index in [4.69, 9.17) is 16.3 Å². The standard InChI is InChI=1S/C22H29ClFN3O3/c23-19-16-17(2-4-20(19)24)3-5-21(28)27-11-6-22(29)26(12-13-27)10-1-9-25-18-7-14-30-15-8-18/h2-5,16,18,25H,1,6-15H2. The van der Waals surface area contributed by atoms with Crippen LogP contribution in [-0.4, -0.2) is 73.6 Å². The quantitative estimate of drug-likeness (QED) is 0.526. The van der Waals surface area contributed by atoms with Gasteiger partial charge < -0.3 is 19.9 Å². The third-order valence-electron chi connectivity index (χ3n) is 5.52. The smallest absolute Gasteiger partial charge is 0.246 e. The molecule has 6 nitrogen and oxygen atoms in total. The van der Waals surface area contributed by atoms with Crippen LogP contribution in [-0.2, 0) is 14.3 Å². The molecule has 8 heteroatoms. The summed E-state index contributed by atoms with van der Waals surface area (Å²) < 4.78 is 18.6. The van der Waals surface area contributed by atoms with Gasteiger partial charge in [0.2, 0.25) is 11.8 Å². The first-order valence-electron chi connectivity index (χ1n) is 10.5. The minimum atomic E-state index is -0.491. The Labute approximate surface area is 182 Å². The van der Waals surface area contributed by atoms with Crippen LogP contribution < -0.4 is 5.32 Å². The fourth-order valence-electron chi connectivity index (χ4n) is 3.69. The predicted octanol–water partition coefficient (Wildman–Crippen LogP) is 2.71. The van der Waals surface area contributed by atoms with Crippen molar-refractivity contribution in [3.05, 3.63) is 40.7 Å². The van der Waals surface area contributed by atoms with E-state index in [9.17, 15) is 14.0 Å². The van der Waals surface area contributed by atoms with Gasteiger partial charge in [0.15, 0.2) is 0 Å². The summed E-state index contributed by atoms with van der Waals surface area (Å²) in [5, 5.41) is 3.55. The summed E-state index contributed by atoms with van der Waals surface area (Å²) in [6.07, 6.45) is 6.36. The van der Waals surface area contributed by atoms with Gasteiger partial charge >= 0.3 is 0 Å². The molecule has 2 fully saturated rings. The van der Waals surface area contributed by atoms with E-state index in [1.165, 1.54) is 18.2 Å². The molecule has 0 aliphatic carbocycles. The highest BCUT2D eigenvalue weighted by Crippen LogP contribution is 2.17. The molecule has 2 amide bonds. The fourth-order valence-corrected chi connectivity index (χ4v) is 3.88. The lowest BCUT2D eigenvalue weighted by atomic mass is 10.1. The number of amides is 2. The number of carbonyl (C=O) groups excluding carboxylic acids is 2. The predicted molar refractivity (Wildman–Crippen MR) is 115 cm³/mol. The van der Waals surface area contributed by atoms with Crippen LogP contribution in [0.25, 0.3) is 6.08 Å². The Morgan fingerprint density at radius 1 is 1.27 bits per heavy atom. The molecule has 1 N–H and O–H groups in total. The number of hydrogen-bond acceptors (Lipinski definition) is 4. The Morgan fingerprint density at radius 3 is 2.83 bits per heavy atom. The molecule has 1 aromatic rings. The SMILES string of the molecule is O=C(C=Cc1ccc(F)c(Cl)c1)N1CCC(=O)N(CCCNC2CCOCC2)CC1. The van der Waals surface area contributed by atoms with Crippen molar-refractivity contribution in [3.63, 3.8) is 0 Å². The van der Waals surface area contributed by atoms with Gasteiger partial charge in [0.05, 0.1) is 5.02 Å². The van der Waals surface area contributed by atoms with Crippen LogP contribution in [0.2, 0.25) is 5.02 Å². The maximum atomic E-state index is 13.2. The molecule has 0 radical (unpaired) electrons. The van der Waals surface area contributed by atoms with Gasteiger partial charge in [0.1, 0.15) is 5.82 Å². The van der Waals surface area contributed by atoms with Crippen molar-refractivity contribution in [3.8, 4) is 0 Å². The van der Waals surface area contributed by atoms with Crippen molar-refractivity contribution in [2.45, 2.75) is 31.7 Å². The number of hydrogen-bond donors (Lipinski definition) is 1. The summed E-state index contributed by atoms with van der Waals surface area (Å²) in [7, 11) is 0. The first-order valence-corrected chi connectivity index (χ1v) is 10.9. The third kappa shape index (κ3) is 6.79. The largest absolute Gasteiger partial charge is 0.381 e. The topological polar surface area (TPSA) is 61.9 Å². The van der Waals surface area contributed by atoms with Crippen LogP contribution in [0.5, 0.6) is 0 Å². The van der Waals surface area contributed by atoms with Crippen molar-refractivity contribution < 1.29 is 18.7 Å². The molecule has 2 saturated heterocycles. The number of carbonyl (C=O) groups is 2.